The van der Waals surface area contributed by atoms with Gasteiger partial charge in [-0.05, 0) is 36.7 Å². The topological polar surface area (TPSA) is 37.8 Å². The third-order valence-corrected chi connectivity index (χ3v) is 3.94. The van der Waals surface area contributed by atoms with Gasteiger partial charge < -0.3 is 5.32 Å². The van der Waals surface area contributed by atoms with Crippen molar-refractivity contribution >= 4 is 5.95 Å². The Balaban J connectivity index is 1.90. The van der Waals surface area contributed by atoms with Crippen molar-refractivity contribution in [2.24, 2.45) is 11.3 Å². The number of hydrogen-bond acceptors (Lipinski definition) is 3. The van der Waals surface area contributed by atoms with Crippen molar-refractivity contribution < 1.29 is 0 Å². The predicted molar refractivity (Wildman–Crippen MR) is 71.0 cm³/mol. The average molecular weight is 233 g/mol. The summed E-state index contributed by atoms with van der Waals surface area (Å²) in [5.74, 6) is 1.60. The minimum absolute atomic E-state index is 0.338. The molecule has 17 heavy (non-hydrogen) atoms. The van der Waals surface area contributed by atoms with E-state index in [1.54, 1.807) is 0 Å². The number of anilines is 1. The second-order valence-electron chi connectivity index (χ2n) is 5.91. The Morgan fingerprint density at radius 3 is 2.41 bits per heavy atom. The summed E-state index contributed by atoms with van der Waals surface area (Å²) in [6.45, 7) is 7.67. The van der Waals surface area contributed by atoms with Gasteiger partial charge in [0.05, 0.1) is 0 Å². The minimum atomic E-state index is 0.338. The third kappa shape index (κ3) is 3.18. The van der Waals surface area contributed by atoms with Crippen LogP contribution in [0.1, 0.15) is 45.1 Å². The summed E-state index contributed by atoms with van der Waals surface area (Å²) < 4.78 is 0. The quantitative estimate of drug-likeness (QED) is 0.866. The Kier molecular flexibility index (Phi) is 3.65. The van der Waals surface area contributed by atoms with Gasteiger partial charge in [-0.2, -0.15) is 0 Å². The monoisotopic (exact) mass is 233 g/mol. The normalized spacial score (nSPS) is 17.4. The largest absolute Gasteiger partial charge is 0.354 e. The van der Waals surface area contributed by atoms with Gasteiger partial charge >= 0.3 is 0 Å². The Morgan fingerprint density at radius 1 is 1.24 bits per heavy atom. The summed E-state index contributed by atoms with van der Waals surface area (Å²) in [5.41, 5.74) is 1.44. The van der Waals surface area contributed by atoms with Crippen LogP contribution in [-0.4, -0.2) is 16.5 Å². The molecule has 94 valence electrons. The molecule has 1 aromatic rings. The van der Waals surface area contributed by atoms with Crippen LogP contribution in [0.5, 0.6) is 0 Å². The maximum atomic E-state index is 4.29. The van der Waals surface area contributed by atoms with E-state index in [0.29, 0.717) is 5.41 Å². The summed E-state index contributed by atoms with van der Waals surface area (Å²) >= 11 is 0. The fourth-order valence-corrected chi connectivity index (χ4v) is 2.64. The van der Waals surface area contributed by atoms with E-state index in [1.807, 2.05) is 19.3 Å². The molecule has 1 saturated carbocycles. The Hall–Kier alpha value is -1.12. The summed E-state index contributed by atoms with van der Waals surface area (Å²) in [6.07, 6.45) is 9.27. The van der Waals surface area contributed by atoms with Crippen LogP contribution in [0, 0.1) is 18.3 Å². The molecule has 1 heterocycles. The van der Waals surface area contributed by atoms with Crippen molar-refractivity contribution in [3.63, 3.8) is 0 Å². The molecule has 0 saturated heterocycles. The van der Waals surface area contributed by atoms with Gasteiger partial charge in [-0.1, -0.05) is 26.7 Å². The van der Waals surface area contributed by atoms with Crippen LogP contribution >= 0.6 is 0 Å². The Labute approximate surface area is 104 Å². The highest BCUT2D eigenvalue weighted by Gasteiger charge is 2.31. The second kappa shape index (κ2) is 5.03. The van der Waals surface area contributed by atoms with Crippen LogP contribution in [-0.2, 0) is 0 Å². The first-order chi connectivity index (χ1) is 8.08. The Morgan fingerprint density at radius 2 is 1.82 bits per heavy atom. The van der Waals surface area contributed by atoms with Crippen LogP contribution in [0.4, 0.5) is 5.95 Å². The molecule has 0 aliphatic heterocycles. The SMILES string of the molecule is Cc1cnc(NCC(C)(C)C2CCCC2)nc1. The van der Waals surface area contributed by atoms with Gasteiger partial charge in [-0.25, -0.2) is 9.97 Å². The van der Waals surface area contributed by atoms with Gasteiger partial charge in [0, 0.05) is 18.9 Å². The summed E-state index contributed by atoms with van der Waals surface area (Å²) in [7, 11) is 0. The number of nitrogens with one attached hydrogen (secondary N) is 1. The van der Waals surface area contributed by atoms with E-state index in [2.05, 4.69) is 29.1 Å². The first kappa shape index (κ1) is 12.3. The first-order valence-electron chi connectivity index (χ1n) is 6.60. The van der Waals surface area contributed by atoms with Gasteiger partial charge in [-0.15, -0.1) is 0 Å². The number of nitrogens with zero attached hydrogens (tertiary/aromatic N) is 2. The van der Waals surface area contributed by atoms with Gasteiger partial charge in [0.2, 0.25) is 5.95 Å². The van der Waals surface area contributed by atoms with Gasteiger partial charge in [0.1, 0.15) is 0 Å². The molecule has 0 spiro atoms. The van der Waals surface area contributed by atoms with Crippen molar-refractivity contribution in [3.05, 3.63) is 18.0 Å². The predicted octanol–water partition coefficient (Wildman–Crippen LogP) is 3.41. The van der Waals surface area contributed by atoms with Crippen LogP contribution in [0.25, 0.3) is 0 Å². The molecule has 3 nitrogen and oxygen atoms in total. The van der Waals surface area contributed by atoms with Crippen LogP contribution in [0.3, 0.4) is 0 Å². The molecule has 1 N–H and O–H groups in total. The van der Waals surface area contributed by atoms with Crippen molar-refractivity contribution in [2.75, 3.05) is 11.9 Å². The van der Waals surface area contributed by atoms with Crippen LogP contribution in [0.2, 0.25) is 0 Å². The van der Waals surface area contributed by atoms with E-state index in [1.165, 1.54) is 25.7 Å². The van der Waals surface area contributed by atoms with E-state index < -0.39 is 0 Å². The van der Waals surface area contributed by atoms with Crippen molar-refractivity contribution in [2.45, 2.75) is 46.5 Å². The lowest BCUT2D eigenvalue weighted by Gasteiger charge is -2.31. The maximum Gasteiger partial charge on any atom is 0.222 e. The molecule has 1 aliphatic carbocycles. The molecule has 0 bridgehead atoms. The summed E-state index contributed by atoms with van der Waals surface area (Å²) in [5, 5.41) is 3.37. The van der Waals surface area contributed by atoms with Crippen LogP contribution < -0.4 is 5.32 Å². The maximum absolute atomic E-state index is 4.29. The zero-order valence-corrected chi connectivity index (χ0v) is 11.2. The highest BCUT2D eigenvalue weighted by Crippen LogP contribution is 2.39. The van der Waals surface area contributed by atoms with Gasteiger partial charge in [-0.3, -0.25) is 0 Å². The summed E-state index contributed by atoms with van der Waals surface area (Å²) in [4.78, 5) is 8.57. The fourth-order valence-electron chi connectivity index (χ4n) is 2.64. The van der Waals surface area contributed by atoms with E-state index >= 15 is 0 Å². The van der Waals surface area contributed by atoms with Crippen molar-refractivity contribution in [3.8, 4) is 0 Å². The second-order valence-corrected chi connectivity index (χ2v) is 5.91. The zero-order chi connectivity index (χ0) is 12.3. The zero-order valence-electron chi connectivity index (χ0n) is 11.2. The molecule has 0 atom stereocenters. The molecule has 3 heteroatoms. The van der Waals surface area contributed by atoms with Crippen LogP contribution in [0.15, 0.2) is 12.4 Å². The van der Waals surface area contributed by atoms with E-state index in [9.17, 15) is 0 Å². The Bertz CT molecular complexity index is 350. The number of rotatable bonds is 4. The van der Waals surface area contributed by atoms with E-state index in [-0.39, 0.29) is 0 Å². The summed E-state index contributed by atoms with van der Waals surface area (Å²) in [6, 6.07) is 0. The molecule has 0 aromatic carbocycles. The average Bonchev–Trinajstić information content (AvgIpc) is 2.82. The molecule has 1 fully saturated rings. The van der Waals surface area contributed by atoms with Gasteiger partial charge in [0.15, 0.2) is 0 Å². The van der Waals surface area contributed by atoms with Crippen molar-refractivity contribution in [1.29, 1.82) is 0 Å². The molecular formula is C14H23N3. The lowest BCUT2D eigenvalue weighted by molar-refractivity contribution is 0.234. The number of aromatic nitrogens is 2. The third-order valence-electron chi connectivity index (χ3n) is 3.94. The highest BCUT2D eigenvalue weighted by atomic mass is 15.1. The standard InChI is InChI=1S/C14H23N3/c1-11-8-15-13(16-9-11)17-10-14(2,3)12-6-4-5-7-12/h8-9,12H,4-7,10H2,1-3H3,(H,15,16,17). The lowest BCUT2D eigenvalue weighted by atomic mass is 9.78. The number of aryl methyl sites for hydroxylation is 1. The molecule has 2 rings (SSSR count). The molecule has 1 aliphatic rings. The number of hydrogen-bond donors (Lipinski definition) is 1. The van der Waals surface area contributed by atoms with E-state index in [4.69, 9.17) is 0 Å². The van der Waals surface area contributed by atoms with Gasteiger partial charge in [0.25, 0.3) is 0 Å². The fraction of sp³-hybridized carbons (Fsp3) is 0.714. The van der Waals surface area contributed by atoms with E-state index in [0.717, 1.165) is 24.0 Å². The minimum Gasteiger partial charge on any atom is -0.354 e. The molecule has 0 unspecified atom stereocenters. The van der Waals surface area contributed by atoms with Crippen molar-refractivity contribution in [1.82, 2.24) is 9.97 Å². The smallest absolute Gasteiger partial charge is 0.222 e. The molecule has 0 radical (unpaired) electrons. The molecular weight excluding hydrogens is 210 g/mol. The first-order valence-corrected chi connectivity index (χ1v) is 6.60. The highest BCUT2D eigenvalue weighted by molar-refractivity contribution is 5.24. The molecule has 0 amide bonds. The lowest BCUT2D eigenvalue weighted by Crippen LogP contribution is -2.30. The molecule has 1 aromatic heterocycles.